The molecule has 3 heteroatoms. The van der Waals surface area contributed by atoms with E-state index in [-0.39, 0.29) is 0 Å². The molecule has 2 aromatic rings. The number of alkyl halides is 1. The second-order valence-electron chi connectivity index (χ2n) is 5.62. The van der Waals surface area contributed by atoms with Crippen LogP contribution in [0.25, 0.3) is 10.8 Å². The van der Waals surface area contributed by atoms with Gasteiger partial charge in [0, 0.05) is 5.33 Å². The van der Waals surface area contributed by atoms with Gasteiger partial charge in [-0.25, -0.2) is 0 Å². The summed E-state index contributed by atoms with van der Waals surface area (Å²) in [5, 5.41) is 3.40. The number of halogens is 1. The zero-order valence-electron chi connectivity index (χ0n) is 12.8. The van der Waals surface area contributed by atoms with E-state index in [1.807, 2.05) is 12.1 Å². The van der Waals surface area contributed by atoms with Gasteiger partial charge in [0.25, 0.3) is 0 Å². The second-order valence-corrected chi connectivity index (χ2v) is 6.41. The molecule has 114 valence electrons. The van der Waals surface area contributed by atoms with Gasteiger partial charge in [-0.15, -0.1) is 0 Å². The molecule has 21 heavy (non-hydrogen) atoms. The van der Waals surface area contributed by atoms with Gasteiger partial charge in [-0.1, -0.05) is 41.9 Å². The summed E-state index contributed by atoms with van der Waals surface area (Å²) in [7, 11) is 0. The highest BCUT2D eigenvalue weighted by molar-refractivity contribution is 9.09. The predicted octanol–water partition coefficient (Wildman–Crippen LogP) is 5.43. The fourth-order valence-corrected chi connectivity index (χ4v) is 2.43. The van der Waals surface area contributed by atoms with Gasteiger partial charge in [-0.2, -0.15) is 0 Å². The van der Waals surface area contributed by atoms with Gasteiger partial charge in [0.15, 0.2) is 0 Å². The predicted molar refractivity (Wildman–Crippen MR) is 92.8 cm³/mol. The van der Waals surface area contributed by atoms with Crippen molar-refractivity contribution in [3.63, 3.8) is 0 Å². The van der Waals surface area contributed by atoms with Crippen molar-refractivity contribution in [3.05, 3.63) is 36.4 Å². The number of fused-ring (bicyclic) bond motifs is 1. The zero-order valence-corrected chi connectivity index (χ0v) is 14.4. The number of ether oxygens (including phenoxy) is 2. The molecule has 2 rings (SSSR count). The second kappa shape index (κ2) is 8.28. The van der Waals surface area contributed by atoms with Crippen LogP contribution in [0, 0.1) is 5.92 Å². The topological polar surface area (TPSA) is 18.5 Å². The Kier molecular flexibility index (Phi) is 6.37. The van der Waals surface area contributed by atoms with Crippen molar-refractivity contribution in [2.45, 2.75) is 26.7 Å². The fourth-order valence-electron chi connectivity index (χ4n) is 2.03. The van der Waals surface area contributed by atoms with Gasteiger partial charge in [0.1, 0.15) is 11.5 Å². The van der Waals surface area contributed by atoms with Crippen LogP contribution >= 0.6 is 15.9 Å². The van der Waals surface area contributed by atoms with Crippen molar-refractivity contribution >= 4 is 26.7 Å². The smallest absolute Gasteiger partial charge is 0.119 e. The van der Waals surface area contributed by atoms with E-state index in [0.29, 0.717) is 5.92 Å². The van der Waals surface area contributed by atoms with Crippen LogP contribution in [0.2, 0.25) is 0 Å². The van der Waals surface area contributed by atoms with E-state index < -0.39 is 0 Å². The zero-order chi connectivity index (χ0) is 15.1. The van der Waals surface area contributed by atoms with Crippen LogP contribution in [0.3, 0.4) is 0 Å². The third-order valence-electron chi connectivity index (χ3n) is 3.16. The maximum absolute atomic E-state index is 5.77. The molecule has 0 fully saturated rings. The molecule has 0 N–H and O–H groups in total. The van der Waals surface area contributed by atoms with Gasteiger partial charge in [-0.3, -0.25) is 0 Å². The maximum Gasteiger partial charge on any atom is 0.119 e. The molecular weight excluding hydrogens is 328 g/mol. The van der Waals surface area contributed by atoms with Crippen molar-refractivity contribution in [1.82, 2.24) is 0 Å². The summed E-state index contributed by atoms with van der Waals surface area (Å²) in [6.45, 7) is 5.83. The molecule has 0 aliphatic carbocycles. The molecule has 0 unspecified atom stereocenters. The lowest BCUT2D eigenvalue weighted by Crippen LogP contribution is -2.04. The molecule has 2 nitrogen and oxygen atoms in total. The molecule has 0 radical (unpaired) electrons. The summed E-state index contributed by atoms with van der Waals surface area (Å²) in [5.74, 6) is 2.41. The molecule has 0 bridgehead atoms. The molecule has 0 aromatic heterocycles. The third-order valence-corrected chi connectivity index (χ3v) is 3.72. The summed E-state index contributed by atoms with van der Waals surface area (Å²) in [6, 6.07) is 12.4. The first-order valence-corrected chi connectivity index (χ1v) is 8.66. The van der Waals surface area contributed by atoms with Crippen LogP contribution < -0.4 is 9.47 Å². The Balaban J connectivity index is 2.01. The summed E-state index contributed by atoms with van der Waals surface area (Å²) >= 11 is 3.43. The highest BCUT2D eigenvalue weighted by Crippen LogP contribution is 2.25. The minimum Gasteiger partial charge on any atom is -0.494 e. The van der Waals surface area contributed by atoms with Crippen molar-refractivity contribution in [2.24, 2.45) is 5.92 Å². The van der Waals surface area contributed by atoms with E-state index in [1.165, 1.54) is 10.8 Å². The molecule has 0 spiro atoms. The number of rotatable bonds is 8. The number of benzene rings is 2. The summed E-state index contributed by atoms with van der Waals surface area (Å²) in [5.41, 5.74) is 0. The fraction of sp³-hybridized carbons (Fsp3) is 0.444. The van der Waals surface area contributed by atoms with Crippen LogP contribution in [0.15, 0.2) is 36.4 Å². The van der Waals surface area contributed by atoms with Crippen molar-refractivity contribution in [1.29, 1.82) is 0 Å². The maximum atomic E-state index is 5.77. The Labute approximate surface area is 135 Å². The molecule has 2 aromatic carbocycles. The Hall–Kier alpha value is -1.22. The first-order valence-electron chi connectivity index (χ1n) is 7.54. The lowest BCUT2D eigenvalue weighted by Gasteiger charge is -2.10. The van der Waals surface area contributed by atoms with Gasteiger partial charge in [0.05, 0.1) is 13.2 Å². The third kappa shape index (κ3) is 5.24. The van der Waals surface area contributed by atoms with Crippen LogP contribution in [-0.4, -0.2) is 18.5 Å². The number of hydrogen-bond acceptors (Lipinski definition) is 2. The normalized spacial score (nSPS) is 11.0. The molecule has 0 heterocycles. The van der Waals surface area contributed by atoms with E-state index >= 15 is 0 Å². The molecular formula is C18H23BrO2. The van der Waals surface area contributed by atoms with Crippen LogP contribution in [0.5, 0.6) is 11.5 Å². The van der Waals surface area contributed by atoms with E-state index in [9.17, 15) is 0 Å². The average Bonchev–Trinajstić information content (AvgIpc) is 2.49. The quantitative estimate of drug-likeness (QED) is 0.466. The van der Waals surface area contributed by atoms with Crippen LogP contribution in [0.4, 0.5) is 0 Å². The molecule has 0 amide bonds. The highest BCUT2D eigenvalue weighted by Gasteiger charge is 2.01. The average molecular weight is 351 g/mol. The number of unbranched alkanes of at least 4 members (excludes halogenated alkanes) is 1. The molecule has 0 atom stereocenters. The standard InChI is InChI=1S/C18H23BrO2/c1-14(2)13-21-18-8-6-15-11-17(7-5-16(15)12-18)20-10-4-3-9-19/h5-8,11-12,14H,3-4,9-10,13H2,1-2H3. The lowest BCUT2D eigenvalue weighted by atomic mass is 10.1. The van der Waals surface area contributed by atoms with E-state index in [4.69, 9.17) is 9.47 Å². The summed E-state index contributed by atoms with van der Waals surface area (Å²) in [4.78, 5) is 0. The van der Waals surface area contributed by atoms with E-state index in [0.717, 1.165) is 42.9 Å². The minimum absolute atomic E-state index is 0.538. The Bertz CT molecular complexity index is 566. The van der Waals surface area contributed by atoms with Crippen molar-refractivity contribution in [3.8, 4) is 11.5 Å². The van der Waals surface area contributed by atoms with Crippen molar-refractivity contribution in [2.75, 3.05) is 18.5 Å². The first-order chi connectivity index (χ1) is 10.2. The summed E-state index contributed by atoms with van der Waals surface area (Å²) in [6.07, 6.45) is 2.22. The van der Waals surface area contributed by atoms with Gasteiger partial charge < -0.3 is 9.47 Å². The highest BCUT2D eigenvalue weighted by atomic mass is 79.9. The molecule has 0 saturated carbocycles. The largest absolute Gasteiger partial charge is 0.494 e. The SMILES string of the molecule is CC(C)COc1ccc2cc(OCCCCBr)ccc2c1. The Morgan fingerprint density at radius 3 is 2.10 bits per heavy atom. The monoisotopic (exact) mass is 350 g/mol. The van der Waals surface area contributed by atoms with Gasteiger partial charge in [0.2, 0.25) is 0 Å². The Morgan fingerprint density at radius 2 is 1.52 bits per heavy atom. The molecule has 0 aliphatic rings. The van der Waals surface area contributed by atoms with Gasteiger partial charge >= 0.3 is 0 Å². The lowest BCUT2D eigenvalue weighted by molar-refractivity contribution is 0.271. The van der Waals surface area contributed by atoms with Crippen LogP contribution in [-0.2, 0) is 0 Å². The minimum atomic E-state index is 0.538. The van der Waals surface area contributed by atoms with E-state index in [2.05, 4.69) is 54.0 Å². The summed E-state index contributed by atoms with van der Waals surface area (Å²) < 4.78 is 11.5. The number of hydrogen-bond donors (Lipinski definition) is 0. The van der Waals surface area contributed by atoms with Crippen LogP contribution in [0.1, 0.15) is 26.7 Å². The molecule has 0 saturated heterocycles. The van der Waals surface area contributed by atoms with Crippen molar-refractivity contribution < 1.29 is 9.47 Å². The van der Waals surface area contributed by atoms with E-state index in [1.54, 1.807) is 0 Å². The Morgan fingerprint density at radius 1 is 0.905 bits per heavy atom. The van der Waals surface area contributed by atoms with Gasteiger partial charge in [-0.05, 0) is 53.8 Å². The first kappa shape index (κ1) is 16.2. The molecule has 0 aliphatic heterocycles.